The lowest BCUT2D eigenvalue weighted by Gasteiger charge is -2.19. The van der Waals surface area contributed by atoms with E-state index in [1.807, 2.05) is 0 Å². The molecule has 0 fully saturated rings. The Balaban J connectivity index is 1.82. The van der Waals surface area contributed by atoms with Crippen LogP contribution in [-0.2, 0) is 14.8 Å². The molecule has 2 rings (SSSR count). The number of carbonyl (C=O) groups excluding carboxylic acids is 1. The van der Waals surface area contributed by atoms with E-state index in [9.17, 15) is 13.2 Å². The van der Waals surface area contributed by atoms with Crippen LogP contribution in [0.25, 0.3) is 0 Å². The molecule has 7 nitrogen and oxygen atoms in total. The van der Waals surface area contributed by atoms with E-state index in [1.54, 1.807) is 62.5 Å². The number of carbonyl (C=O) groups is 1. The average molecular weight is 399 g/mol. The van der Waals surface area contributed by atoms with Crippen LogP contribution >= 0.6 is 11.3 Å². The number of hydrogen-bond acceptors (Lipinski definition) is 6. The Labute approximate surface area is 157 Å². The van der Waals surface area contributed by atoms with Gasteiger partial charge in [-0.1, -0.05) is 12.1 Å². The molecule has 142 valence electrons. The van der Waals surface area contributed by atoms with Gasteiger partial charge in [-0.25, -0.2) is 17.9 Å². The highest BCUT2D eigenvalue weighted by Crippen LogP contribution is 2.19. The molecule has 1 heterocycles. The average Bonchev–Trinajstić information content (AvgIpc) is 3.05. The van der Waals surface area contributed by atoms with Gasteiger partial charge in [0.1, 0.15) is 22.2 Å². The molecule has 0 saturated heterocycles. The SMILES string of the molecule is CC(C)(C)OC(=O)Nc1cccc(OCCNS(=O)(=O)c2cccs2)c1. The lowest BCUT2D eigenvalue weighted by molar-refractivity contribution is 0.0636. The predicted molar refractivity (Wildman–Crippen MR) is 101 cm³/mol. The van der Waals surface area contributed by atoms with Crippen molar-refractivity contribution in [3.05, 3.63) is 41.8 Å². The van der Waals surface area contributed by atoms with Gasteiger partial charge in [0.2, 0.25) is 10.0 Å². The molecule has 1 amide bonds. The van der Waals surface area contributed by atoms with Crippen molar-refractivity contribution in [3.8, 4) is 5.75 Å². The third-order valence-corrected chi connectivity index (χ3v) is 5.76. The van der Waals surface area contributed by atoms with Gasteiger partial charge in [0.25, 0.3) is 0 Å². The summed E-state index contributed by atoms with van der Waals surface area (Å²) in [6.45, 7) is 5.63. The minimum atomic E-state index is -3.50. The van der Waals surface area contributed by atoms with Crippen LogP contribution in [0.2, 0.25) is 0 Å². The summed E-state index contributed by atoms with van der Waals surface area (Å²) < 4.78 is 37.4. The Morgan fingerprint density at radius 2 is 1.96 bits per heavy atom. The zero-order valence-electron chi connectivity index (χ0n) is 14.8. The zero-order chi connectivity index (χ0) is 19.2. The topological polar surface area (TPSA) is 93.7 Å². The predicted octanol–water partition coefficient (Wildman–Crippen LogP) is 3.45. The summed E-state index contributed by atoms with van der Waals surface area (Å²) in [7, 11) is -3.50. The van der Waals surface area contributed by atoms with Crippen molar-refractivity contribution < 1.29 is 22.7 Å². The molecule has 0 atom stereocenters. The number of sulfonamides is 1. The van der Waals surface area contributed by atoms with Crippen molar-refractivity contribution in [3.63, 3.8) is 0 Å². The maximum atomic E-state index is 12.0. The normalized spacial score (nSPS) is 11.8. The third kappa shape index (κ3) is 6.66. The van der Waals surface area contributed by atoms with Crippen molar-refractivity contribution in [1.82, 2.24) is 4.72 Å². The van der Waals surface area contributed by atoms with E-state index in [0.29, 0.717) is 11.4 Å². The molecular weight excluding hydrogens is 376 g/mol. The number of ether oxygens (including phenoxy) is 2. The van der Waals surface area contributed by atoms with Gasteiger partial charge in [0.15, 0.2) is 0 Å². The summed E-state index contributed by atoms with van der Waals surface area (Å²) in [5.74, 6) is 0.508. The van der Waals surface area contributed by atoms with E-state index in [4.69, 9.17) is 9.47 Å². The number of hydrogen-bond donors (Lipinski definition) is 2. The molecule has 0 radical (unpaired) electrons. The first-order chi connectivity index (χ1) is 12.2. The van der Waals surface area contributed by atoms with Gasteiger partial charge < -0.3 is 9.47 Å². The number of thiophene rings is 1. The molecule has 0 aliphatic heterocycles. The van der Waals surface area contributed by atoms with E-state index in [1.165, 1.54) is 0 Å². The maximum Gasteiger partial charge on any atom is 0.412 e. The highest BCUT2D eigenvalue weighted by Gasteiger charge is 2.16. The molecule has 0 bridgehead atoms. The number of rotatable bonds is 7. The maximum absolute atomic E-state index is 12.0. The van der Waals surface area contributed by atoms with Crippen molar-refractivity contribution in [2.45, 2.75) is 30.6 Å². The Morgan fingerprint density at radius 3 is 2.62 bits per heavy atom. The van der Waals surface area contributed by atoms with Crippen LogP contribution in [-0.4, -0.2) is 33.3 Å². The van der Waals surface area contributed by atoms with Gasteiger partial charge in [-0.2, -0.15) is 0 Å². The molecule has 9 heteroatoms. The second-order valence-corrected chi connectivity index (χ2v) is 9.27. The molecule has 1 aromatic heterocycles. The molecule has 0 aliphatic rings. The summed E-state index contributed by atoms with van der Waals surface area (Å²) in [5, 5.41) is 4.32. The largest absolute Gasteiger partial charge is 0.492 e. The second kappa shape index (κ2) is 8.52. The molecular formula is C17H22N2O5S2. The Morgan fingerprint density at radius 1 is 1.19 bits per heavy atom. The van der Waals surface area contributed by atoms with E-state index >= 15 is 0 Å². The first kappa shape index (κ1) is 20.2. The van der Waals surface area contributed by atoms with Crippen LogP contribution in [0.4, 0.5) is 10.5 Å². The molecule has 0 saturated carbocycles. The Kier molecular flexibility index (Phi) is 6.63. The van der Waals surface area contributed by atoms with Crippen LogP contribution in [0, 0.1) is 0 Å². The molecule has 0 unspecified atom stereocenters. The van der Waals surface area contributed by atoms with Crippen LogP contribution in [0.15, 0.2) is 46.0 Å². The molecule has 26 heavy (non-hydrogen) atoms. The number of benzene rings is 1. The standard InChI is InChI=1S/C17H22N2O5S2/c1-17(2,3)24-16(20)19-13-6-4-7-14(12-13)23-10-9-18-26(21,22)15-8-5-11-25-15/h4-8,11-12,18H,9-10H2,1-3H3,(H,19,20). The Bertz CT molecular complexity index is 827. The van der Waals surface area contributed by atoms with E-state index in [2.05, 4.69) is 10.0 Å². The van der Waals surface area contributed by atoms with E-state index in [-0.39, 0.29) is 17.4 Å². The van der Waals surface area contributed by atoms with Gasteiger partial charge >= 0.3 is 6.09 Å². The number of nitrogens with one attached hydrogen (secondary N) is 2. The number of amides is 1. The van der Waals surface area contributed by atoms with Gasteiger partial charge in [-0.05, 0) is 44.4 Å². The summed E-state index contributed by atoms with van der Waals surface area (Å²) in [5.41, 5.74) is -0.0614. The fourth-order valence-corrected chi connectivity index (χ4v) is 3.97. The minimum absolute atomic E-state index is 0.129. The number of anilines is 1. The zero-order valence-corrected chi connectivity index (χ0v) is 16.4. The first-order valence-corrected chi connectivity index (χ1v) is 10.3. The lowest BCUT2D eigenvalue weighted by Crippen LogP contribution is -2.28. The van der Waals surface area contributed by atoms with Crippen LogP contribution in [0.1, 0.15) is 20.8 Å². The van der Waals surface area contributed by atoms with Crippen molar-refractivity contribution >= 4 is 33.1 Å². The molecule has 0 aliphatic carbocycles. The molecule has 1 aromatic carbocycles. The fraction of sp³-hybridized carbons (Fsp3) is 0.353. The van der Waals surface area contributed by atoms with Crippen LogP contribution in [0.3, 0.4) is 0 Å². The minimum Gasteiger partial charge on any atom is -0.492 e. The Hall–Kier alpha value is -2.10. The highest BCUT2D eigenvalue weighted by molar-refractivity contribution is 7.91. The first-order valence-electron chi connectivity index (χ1n) is 7.92. The van der Waals surface area contributed by atoms with Gasteiger partial charge in [-0.15, -0.1) is 11.3 Å². The quantitative estimate of drug-likeness (QED) is 0.697. The summed E-state index contributed by atoms with van der Waals surface area (Å²) in [6.07, 6.45) is -0.557. The molecule has 2 N–H and O–H groups in total. The van der Waals surface area contributed by atoms with Crippen molar-refractivity contribution in [2.75, 3.05) is 18.5 Å². The van der Waals surface area contributed by atoms with Crippen LogP contribution in [0.5, 0.6) is 5.75 Å². The van der Waals surface area contributed by atoms with Crippen molar-refractivity contribution in [1.29, 1.82) is 0 Å². The smallest absolute Gasteiger partial charge is 0.412 e. The summed E-state index contributed by atoms with van der Waals surface area (Å²) in [6, 6.07) is 10.00. The van der Waals surface area contributed by atoms with Gasteiger partial charge in [0, 0.05) is 18.3 Å². The third-order valence-electron chi connectivity index (χ3n) is 2.90. The fourth-order valence-electron chi connectivity index (χ4n) is 1.92. The molecule has 2 aromatic rings. The van der Waals surface area contributed by atoms with E-state index in [0.717, 1.165) is 11.3 Å². The summed E-state index contributed by atoms with van der Waals surface area (Å²) >= 11 is 1.15. The lowest BCUT2D eigenvalue weighted by atomic mass is 10.2. The highest BCUT2D eigenvalue weighted by atomic mass is 32.2. The summed E-state index contributed by atoms with van der Waals surface area (Å²) in [4.78, 5) is 11.8. The van der Waals surface area contributed by atoms with Crippen LogP contribution < -0.4 is 14.8 Å². The monoisotopic (exact) mass is 398 g/mol. The van der Waals surface area contributed by atoms with E-state index < -0.39 is 21.7 Å². The molecule has 0 spiro atoms. The van der Waals surface area contributed by atoms with Gasteiger partial charge in [-0.3, -0.25) is 5.32 Å². The second-order valence-electron chi connectivity index (χ2n) is 6.33. The van der Waals surface area contributed by atoms with Crippen molar-refractivity contribution in [2.24, 2.45) is 0 Å². The van der Waals surface area contributed by atoms with Gasteiger partial charge in [0.05, 0.1) is 0 Å².